The van der Waals surface area contributed by atoms with Crippen LogP contribution in [-0.2, 0) is 4.79 Å². The van der Waals surface area contributed by atoms with Gasteiger partial charge in [0.05, 0.1) is 18.8 Å². The van der Waals surface area contributed by atoms with Crippen molar-refractivity contribution in [1.82, 2.24) is 5.32 Å². The SMILES string of the molecule is CCCCCCCCCCC/C=C\C/C=C\CCCCCCCCCCCCCC(=O)NC(CO)C(O)C(O)CCC/C=C/CCCCCCCCCCCCCCCCCCCCC. The van der Waals surface area contributed by atoms with Gasteiger partial charge in [0.15, 0.2) is 0 Å². The van der Waals surface area contributed by atoms with Crippen LogP contribution in [-0.4, -0.2) is 46.1 Å². The van der Waals surface area contributed by atoms with Crippen LogP contribution in [0.2, 0.25) is 0 Å². The van der Waals surface area contributed by atoms with Crippen molar-refractivity contribution in [2.45, 2.75) is 334 Å². The second-order valence-electron chi connectivity index (χ2n) is 20.2. The number of nitrogens with one attached hydrogen (secondary N) is 1. The number of carbonyl (C=O) groups excluding carboxylic acids is 1. The van der Waals surface area contributed by atoms with Gasteiger partial charge in [0.25, 0.3) is 0 Å². The van der Waals surface area contributed by atoms with E-state index in [1.54, 1.807) is 0 Å². The van der Waals surface area contributed by atoms with E-state index in [1.807, 2.05) is 0 Å². The third kappa shape index (κ3) is 50.3. The zero-order valence-electron chi connectivity index (χ0n) is 43.9. The summed E-state index contributed by atoms with van der Waals surface area (Å²) in [7, 11) is 0. The van der Waals surface area contributed by atoms with Gasteiger partial charge in [-0.3, -0.25) is 4.79 Å². The zero-order chi connectivity index (χ0) is 47.2. The van der Waals surface area contributed by atoms with Crippen molar-refractivity contribution >= 4 is 5.91 Å². The van der Waals surface area contributed by atoms with Crippen molar-refractivity contribution in [3.8, 4) is 0 Å². The van der Waals surface area contributed by atoms with Crippen LogP contribution < -0.4 is 5.32 Å². The molecule has 0 aromatic rings. The molecule has 0 saturated carbocycles. The molecule has 65 heavy (non-hydrogen) atoms. The number of aliphatic hydroxyl groups excluding tert-OH is 3. The molecule has 0 radical (unpaired) electrons. The van der Waals surface area contributed by atoms with E-state index in [0.717, 1.165) is 44.9 Å². The molecular formula is C60H115NO4. The lowest BCUT2D eigenvalue weighted by atomic mass is 10.0. The summed E-state index contributed by atoms with van der Waals surface area (Å²) in [5.41, 5.74) is 0. The third-order valence-corrected chi connectivity index (χ3v) is 13.7. The van der Waals surface area contributed by atoms with Gasteiger partial charge < -0.3 is 20.6 Å². The zero-order valence-corrected chi connectivity index (χ0v) is 43.9. The summed E-state index contributed by atoms with van der Waals surface area (Å²) in [6.07, 6.45) is 71.6. The van der Waals surface area contributed by atoms with Crippen molar-refractivity contribution in [3.05, 3.63) is 36.5 Å². The molecule has 3 unspecified atom stereocenters. The second kappa shape index (κ2) is 55.2. The van der Waals surface area contributed by atoms with E-state index in [0.29, 0.717) is 12.8 Å². The summed E-state index contributed by atoms with van der Waals surface area (Å²) in [5, 5.41) is 33.8. The lowest BCUT2D eigenvalue weighted by Crippen LogP contribution is -2.50. The topological polar surface area (TPSA) is 89.8 Å². The highest BCUT2D eigenvalue weighted by atomic mass is 16.3. The van der Waals surface area contributed by atoms with Crippen molar-refractivity contribution in [1.29, 1.82) is 0 Å². The van der Waals surface area contributed by atoms with E-state index in [2.05, 4.69) is 55.6 Å². The van der Waals surface area contributed by atoms with Crippen molar-refractivity contribution in [2.75, 3.05) is 6.61 Å². The predicted molar refractivity (Wildman–Crippen MR) is 287 cm³/mol. The molecule has 0 rings (SSSR count). The number of hydrogen-bond donors (Lipinski definition) is 4. The van der Waals surface area contributed by atoms with Gasteiger partial charge in [-0.2, -0.15) is 0 Å². The van der Waals surface area contributed by atoms with Gasteiger partial charge in [0, 0.05) is 6.42 Å². The van der Waals surface area contributed by atoms with E-state index in [-0.39, 0.29) is 12.5 Å². The van der Waals surface area contributed by atoms with Gasteiger partial charge >= 0.3 is 0 Å². The first-order valence-electron chi connectivity index (χ1n) is 29.3. The molecule has 0 spiro atoms. The normalized spacial score (nSPS) is 13.5. The Morgan fingerprint density at radius 1 is 0.385 bits per heavy atom. The Balaban J connectivity index is 3.57. The van der Waals surface area contributed by atoms with Crippen LogP contribution in [0.25, 0.3) is 0 Å². The molecule has 0 aliphatic carbocycles. The lowest BCUT2D eigenvalue weighted by Gasteiger charge is -2.26. The summed E-state index contributed by atoms with van der Waals surface area (Å²) < 4.78 is 0. The minimum atomic E-state index is -1.16. The Kier molecular flexibility index (Phi) is 54.0. The number of unbranched alkanes of at least 4 members (excludes halogenated alkanes) is 40. The lowest BCUT2D eigenvalue weighted by molar-refractivity contribution is -0.124. The summed E-state index contributed by atoms with van der Waals surface area (Å²) in [5.74, 6) is -0.153. The maximum absolute atomic E-state index is 12.5. The fourth-order valence-electron chi connectivity index (χ4n) is 9.20. The van der Waals surface area contributed by atoms with E-state index in [9.17, 15) is 20.1 Å². The van der Waals surface area contributed by atoms with Crippen LogP contribution >= 0.6 is 0 Å². The molecular weight excluding hydrogens is 799 g/mol. The van der Waals surface area contributed by atoms with Crippen molar-refractivity contribution in [2.24, 2.45) is 0 Å². The van der Waals surface area contributed by atoms with Gasteiger partial charge in [-0.25, -0.2) is 0 Å². The van der Waals surface area contributed by atoms with E-state index in [1.165, 1.54) is 244 Å². The molecule has 5 heteroatoms. The number of rotatable bonds is 54. The fraction of sp³-hybridized carbons (Fsp3) is 0.883. The monoisotopic (exact) mass is 914 g/mol. The fourth-order valence-corrected chi connectivity index (χ4v) is 9.20. The molecule has 0 fully saturated rings. The molecule has 384 valence electrons. The molecule has 0 aromatic heterocycles. The van der Waals surface area contributed by atoms with Crippen LogP contribution in [0, 0.1) is 0 Å². The maximum atomic E-state index is 12.5. The van der Waals surface area contributed by atoms with Crippen molar-refractivity contribution < 1.29 is 20.1 Å². The second-order valence-corrected chi connectivity index (χ2v) is 20.2. The van der Waals surface area contributed by atoms with Crippen LogP contribution in [0.15, 0.2) is 36.5 Å². The molecule has 3 atom stereocenters. The maximum Gasteiger partial charge on any atom is 0.220 e. The summed E-state index contributed by atoms with van der Waals surface area (Å²) in [6, 6.07) is -0.828. The van der Waals surface area contributed by atoms with E-state index < -0.39 is 18.2 Å². The minimum Gasteiger partial charge on any atom is -0.394 e. The molecule has 4 N–H and O–H groups in total. The Bertz CT molecular complexity index is 1010. The highest BCUT2D eigenvalue weighted by Crippen LogP contribution is 2.17. The van der Waals surface area contributed by atoms with E-state index >= 15 is 0 Å². The summed E-state index contributed by atoms with van der Waals surface area (Å²) >= 11 is 0. The molecule has 0 aromatic carbocycles. The number of amides is 1. The molecule has 5 nitrogen and oxygen atoms in total. The summed E-state index contributed by atoms with van der Waals surface area (Å²) in [6.45, 7) is 4.20. The number of carbonyl (C=O) groups is 1. The van der Waals surface area contributed by atoms with Gasteiger partial charge in [0.1, 0.15) is 6.10 Å². The van der Waals surface area contributed by atoms with Crippen LogP contribution in [0.5, 0.6) is 0 Å². The quantitative estimate of drug-likeness (QED) is 0.0361. The number of aliphatic hydroxyl groups is 3. The van der Waals surface area contributed by atoms with Crippen LogP contribution in [0.4, 0.5) is 0 Å². The number of hydrogen-bond acceptors (Lipinski definition) is 4. The average molecular weight is 915 g/mol. The Hall–Kier alpha value is -1.43. The van der Waals surface area contributed by atoms with Gasteiger partial charge in [-0.1, -0.05) is 275 Å². The first-order valence-corrected chi connectivity index (χ1v) is 29.3. The Morgan fingerprint density at radius 3 is 0.985 bits per heavy atom. The van der Waals surface area contributed by atoms with E-state index in [4.69, 9.17) is 0 Å². The molecule has 1 amide bonds. The van der Waals surface area contributed by atoms with Crippen LogP contribution in [0.1, 0.15) is 316 Å². The van der Waals surface area contributed by atoms with Crippen molar-refractivity contribution in [3.63, 3.8) is 0 Å². The van der Waals surface area contributed by atoms with Gasteiger partial charge in [-0.05, 0) is 70.6 Å². The first-order chi connectivity index (χ1) is 32.1. The highest BCUT2D eigenvalue weighted by Gasteiger charge is 2.26. The Labute approximate surface area is 406 Å². The molecule has 0 aliphatic heterocycles. The largest absolute Gasteiger partial charge is 0.394 e. The smallest absolute Gasteiger partial charge is 0.220 e. The highest BCUT2D eigenvalue weighted by molar-refractivity contribution is 5.76. The third-order valence-electron chi connectivity index (χ3n) is 13.7. The molecule has 0 bridgehead atoms. The molecule has 0 aliphatic rings. The Morgan fingerprint density at radius 2 is 0.662 bits per heavy atom. The number of allylic oxidation sites excluding steroid dienone is 6. The first kappa shape index (κ1) is 63.6. The summed E-state index contributed by atoms with van der Waals surface area (Å²) in [4.78, 5) is 12.5. The predicted octanol–water partition coefficient (Wildman–Crippen LogP) is 18.2. The van der Waals surface area contributed by atoms with Gasteiger partial charge in [0.2, 0.25) is 5.91 Å². The van der Waals surface area contributed by atoms with Gasteiger partial charge in [-0.15, -0.1) is 0 Å². The standard InChI is InChI=1S/C60H115NO4/c1-3-5-7-9-11-13-15-17-19-21-23-25-27-29-30-31-33-35-37-39-41-43-45-47-49-51-53-55-59(64)61-57(56-62)60(65)58(63)54-52-50-48-46-44-42-40-38-36-34-32-28-26-24-22-20-18-16-14-12-10-8-6-4-2/h23,25,29-30,46,48,57-58,60,62-63,65H,3-22,24,26-28,31-45,47,49-56H2,1-2H3,(H,61,64)/b25-23-,30-29-,48-46+. The minimum absolute atomic E-state index is 0.153. The molecule has 0 heterocycles. The average Bonchev–Trinajstić information content (AvgIpc) is 3.31. The molecule has 0 saturated heterocycles. The van der Waals surface area contributed by atoms with Crippen LogP contribution in [0.3, 0.4) is 0 Å².